The Balaban J connectivity index is 2.37. The molecule has 12 heavy (non-hydrogen) atoms. The molecule has 0 saturated heterocycles. The minimum atomic E-state index is 0.0780. The number of hydrogen-bond acceptors (Lipinski definition) is 3. The molecule has 0 bridgehead atoms. The fourth-order valence-electron chi connectivity index (χ4n) is 1.07. The Morgan fingerprint density at radius 1 is 1.58 bits per heavy atom. The van der Waals surface area contributed by atoms with E-state index in [9.17, 15) is 4.79 Å². The van der Waals surface area contributed by atoms with Gasteiger partial charge in [-0.2, -0.15) is 0 Å². The van der Waals surface area contributed by atoms with Crippen molar-refractivity contribution in [2.24, 2.45) is 0 Å². The highest BCUT2D eigenvalue weighted by Crippen LogP contribution is 2.29. The number of aromatic nitrogens is 1. The van der Waals surface area contributed by atoms with Crippen molar-refractivity contribution in [1.29, 1.82) is 0 Å². The Hall–Kier alpha value is -1.03. The van der Waals surface area contributed by atoms with Crippen molar-refractivity contribution in [2.75, 3.05) is 11.1 Å². The maximum Gasteiger partial charge on any atom is 0.225 e. The summed E-state index contributed by atoms with van der Waals surface area (Å²) in [4.78, 5) is 16.1. The molecule has 0 spiro atoms. The van der Waals surface area contributed by atoms with Gasteiger partial charge in [0.2, 0.25) is 5.91 Å². The number of anilines is 1. The van der Waals surface area contributed by atoms with Crippen LogP contribution < -0.4 is 5.32 Å². The zero-order valence-corrected chi connectivity index (χ0v) is 7.23. The van der Waals surface area contributed by atoms with Crippen LogP contribution in [-0.4, -0.2) is 16.6 Å². The third-order valence-electron chi connectivity index (χ3n) is 1.64. The molecule has 1 aliphatic heterocycles. The second-order valence-corrected chi connectivity index (χ2v) is 3.66. The van der Waals surface area contributed by atoms with Gasteiger partial charge in [-0.25, -0.2) is 0 Å². The predicted molar refractivity (Wildman–Crippen MR) is 48.2 cm³/mol. The number of amides is 1. The van der Waals surface area contributed by atoms with Crippen LogP contribution in [0.25, 0.3) is 0 Å². The molecule has 1 N–H and O–H groups in total. The summed E-state index contributed by atoms with van der Waals surface area (Å²) in [6.45, 7) is 0. The number of pyridine rings is 1. The standard InChI is InChI=1S/C8H8N2OS/c11-8-2-4-12-7-1-3-9-5-6(7)10-8/h1,3,5H,2,4H2,(H,10,11). The van der Waals surface area contributed by atoms with Crippen LogP contribution in [0.1, 0.15) is 6.42 Å². The van der Waals surface area contributed by atoms with Crippen molar-refractivity contribution < 1.29 is 4.79 Å². The first-order valence-electron chi connectivity index (χ1n) is 3.73. The number of carbonyl (C=O) groups excluding carboxylic acids is 1. The van der Waals surface area contributed by atoms with Gasteiger partial charge < -0.3 is 5.32 Å². The van der Waals surface area contributed by atoms with Crippen molar-refractivity contribution in [1.82, 2.24) is 4.98 Å². The van der Waals surface area contributed by atoms with E-state index in [0.717, 1.165) is 16.3 Å². The Morgan fingerprint density at radius 2 is 2.50 bits per heavy atom. The highest BCUT2D eigenvalue weighted by atomic mass is 32.2. The van der Waals surface area contributed by atoms with Crippen molar-refractivity contribution >= 4 is 23.4 Å². The van der Waals surface area contributed by atoms with Gasteiger partial charge in [-0.1, -0.05) is 0 Å². The largest absolute Gasteiger partial charge is 0.324 e. The zero-order chi connectivity index (χ0) is 8.39. The van der Waals surface area contributed by atoms with Gasteiger partial charge in [-0.3, -0.25) is 9.78 Å². The zero-order valence-electron chi connectivity index (χ0n) is 6.41. The molecule has 0 unspecified atom stereocenters. The average molecular weight is 180 g/mol. The van der Waals surface area contributed by atoms with Gasteiger partial charge in [0.1, 0.15) is 0 Å². The summed E-state index contributed by atoms with van der Waals surface area (Å²) in [5, 5.41) is 2.80. The van der Waals surface area contributed by atoms with Gasteiger partial charge in [0, 0.05) is 23.3 Å². The van der Waals surface area contributed by atoms with E-state index in [1.807, 2.05) is 6.07 Å². The lowest BCUT2D eigenvalue weighted by molar-refractivity contribution is -0.115. The quantitative estimate of drug-likeness (QED) is 0.658. The van der Waals surface area contributed by atoms with Gasteiger partial charge in [-0.05, 0) is 6.07 Å². The number of fused-ring (bicyclic) bond motifs is 1. The molecule has 4 heteroatoms. The van der Waals surface area contributed by atoms with Gasteiger partial charge in [0.15, 0.2) is 0 Å². The fourth-order valence-corrected chi connectivity index (χ4v) is 1.99. The molecule has 0 radical (unpaired) electrons. The van der Waals surface area contributed by atoms with Gasteiger partial charge in [0.05, 0.1) is 11.9 Å². The minimum Gasteiger partial charge on any atom is -0.324 e. The SMILES string of the molecule is O=C1CCSc2ccncc2N1. The van der Waals surface area contributed by atoms with E-state index in [4.69, 9.17) is 0 Å². The van der Waals surface area contributed by atoms with Crippen LogP contribution in [0.4, 0.5) is 5.69 Å². The second kappa shape index (κ2) is 3.15. The monoisotopic (exact) mass is 180 g/mol. The highest BCUT2D eigenvalue weighted by molar-refractivity contribution is 7.99. The van der Waals surface area contributed by atoms with Crippen molar-refractivity contribution in [3.05, 3.63) is 18.5 Å². The number of rotatable bonds is 0. The molecule has 2 rings (SSSR count). The maximum absolute atomic E-state index is 11.1. The molecule has 0 atom stereocenters. The summed E-state index contributed by atoms with van der Waals surface area (Å²) in [7, 11) is 0. The molecule has 3 nitrogen and oxygen atoms in total. The van der Waals surface area contributed by atoms with Crippen LogP contribution in [0.2, 0.25) is 0 Å². The molecule has 1 aromatic heterocycles. The molecule has 0 aliphatic carbocycles. The summed E-state index contributed by atoms with van der Waals surface area (Å²) in [5.41, 5.74) is 0.838. The number of nitrogens with one attached hydrogen (secondary N) is 1. The molecule has 1 aliphatic rings. The number of hydrogen-bond donors (Lipinski definition) is 1. The first-order chi connectivity index (χ1) is 5.86. The van der Waals surface area contributed by atoms with Crippen molar-refractivity contribution in [3.63, 3.8) is 0 Å². The first kappa shape index (κ1) is 7.61. The lowest BCUT2D eigenvalue weighted by Gasteiger charge is -2.02. The third kappa shape index (κ3) is 1.43. The molecule has 1 amide bonds. The van der Waals surface area contributed by atoms with Crippen LogP contribution in [0.15, 0.2) is 23.4 Å². The number of nitrogens with zero attached hydrogens (tertiary/aromatic N) is 1. The van der Waals surface area contributed by atoms with Crippen LogP contribution in [0.5, 0.6) is 0 Å². The van der Waals surface area contributed by atoms with E-state index >= 15 is 0 Å². The average Bonchev–Trinajstić information content (AvgIpc) is 2.25. The number of carbonyl (C=O) groups is 1. The van der Waals surface area contributed by atoms with Gasteiger partial charge in [0.25, 0.3) is 0 Å². The second-order valence-electron chi connectivity index (χ2n) is 2.52. The van der Waals surface area contributed by atoms with Crippen LogP contribution in [-0.2, 0) is 4.79 Å². The maximum atomic E-state index is 11.1. The van der Waals surface area contributed by atoms with E-state index < -0.39 is 0 Å². The summed E-state index contributed by atoms with van der Waals surface area (Å²) in [6.07, 6.45) is 4.01. The van der Waals surface area contributed by atoms with E-state index in [1.165, 1.54) is 0 Å². The molecule has 0 fully saturated rings. The molecule has 0 aromatic carbocycles. The first-order valence-corrected chi connectivity index (χ1v) is 4.71. The molecular formula is C8H8N2OS. The molecular weight excluding hydrogens is 172 g/mol. The molecule has 0 saturated carbocycles. The summed E-state index contributed by atoms with van der Waals surface area (Å²) >= 11 is 1.69. The van der Waals surface area contributed by atoms with E-state index in [1.54, 1.807) is 24.2 Å². The minimum absolute atomic E-state index is 0.0780. The molecule has 2 heterocycles. The van der Waals surface area contributed by atoms with E-state index in [0.29, 0.717) is 6.42 Å². The lowest BCUT2D eigenvalue weighted by Crippen LogP contribution is -2.10. The van der Waals surface area contributed by atoms with E-state index in [2.05, 4.69) is 10.3 Å². The number of thioether (sulfide) groups is 1. The molecule has 62 valence electrons. The molecule has 1 aromatic rings. The lowest BCUT2D eigenvalue weighted by atomic mass is 10.4. The van der Waals surface area contributed by atoms with Gasteiger partial charge >= 0.3 is 0 Å². The van der Waals surface area contributed by atoms with Crippen LogP contribution >= 0.6 is 11.8 Å². The summed E-state index contributed by atoms with van der Waals surface area (Å²) < 4.78 is 0. The van der Waals surface area contributed by atoms with E-state index in [-0.39, 0.29) is 5.91 Å². The fraction of sp³-hybridized carbons (Fsp3) is 0.250. The van der Waals surface area contributed by atoms with Crippen LogP contribution in [0, 0.1) is 0 Å². The Kier molecular flexibility index (Phi) is 1.99. The normalized spacial score (nSPS) is 16.2. The predicted octanol–water partition coefficient (Wildman–Crippen LogP) is 1.52. The Morgan fingerprint density at radius 3 is 3.42 bits per heavy atom. The van der Waals surface area contributed by atoms with Crippen molar-refractivity contribution in [3.8, 4) is 0 Å². The summed E-state index contributed by atoms with van der Waals surface area (Å²) in [5.74, 6) is 0.928. The smallest absolute Gasteiger partial charge is 0.225 e. The highest BCUT2D eigenvalue weighted by Gasteiger charge is 2.11. The van der Waals surface area contributed by atoms with Gasteiger partial charge in [-0.15, -0.1) is 11.8 Å². The topological polar surface area (TPSA) is 42.0 Å². The van der Waals surface area contributed by atoms with Crippen LogP contribution in [0.3, 0.4) is 0 Å². The third-order valence-corrected chi connectivity index (χ3v) is 2.72. The summed E-state index contributed by atoms with van der Waals surface area (Å²) in [6, 6.07) is 1.92. The van der Waals surface area contributed by atoms with Crippen molar-refractivity contribution in [2.45, 2.75) is 11.3 Å². The Bertz CT molecular complexity index is 314. The Labute approximate surface area is 74.6 Å².